The number of benzene rings is 2. The minimum atomic E-state index is -0.441. The summed E-state index contributed by atoms with van der Waals surface area (Å²) in [6.07, 6.45) is 8.35. The summed E-state index contributed by atoms with van der Waals surface area (Å²) in [5.74, 6) is 1.10. The lowest BCUT2D eigenvalue weighted by molar-refractivity contribution is -0.144. The molecule has 1 aliphatic carbocycles. The molecule has 0 unspecified atom stereocenters. The number of amides is 2. The van der Waals surface area contributed by atoms with Crippen molar-refractivity contribution < 1.29 is 9.59 Å². The average Bonchev–Trinajstić information content (AvgIpc) is 3.40. The third-order valence-electron chi connectivity index (χ3n) is 10.1. The molecule has 3 fully saturated rings. The van der Waals surface area contributed by atoms with Gasteiger partial charge in [0.1, 0.15) is 0 Å². The summed E-state index contributed by atoms with van der Waals surface area (Å²) in [6.45, 7) is 3.22. The molecule has 6 nitrogen and oxygen atoms in total. The number of fused-ring (bicyclic) bond motifs is 2. The number of nitrogens with one attached hydrogen (secondary N) is 1. The largest absolute Gasteiger partial charge is 0.339 e. The lowest BCUT2D eigenvalue weighted by atomic mass is 9.67. The Kier molecular flexibility index (Phi) is 7.84. The number of hydrogen-bond donors (Lipinski definition) is 2. The molecule has 6 rings (SSSR count). The third-order valence-corrected chi connectivity index (χ3v) is 10.6. The van der Waals surface area contributed by atoms with E-state index in [0.717, 1.165) is 29.4 Å². The Morgan fingerprint density at radius 3 is 2.62 bits per heavy atom. The van der Waals surface area contributed by atoms with Gasteiger partial charge in [0, 0.05) is 48.7 Å². The highest BCUT2D eigenvalue weighted by Crippen LogP contribution is 2.46. The van der Waals surface area contributed by atoms with Crippen molar-refractivity contribution in [1.29, 1.82) is 0 Å². The van der Waals surface area contributed by atoms with Crippen LogP contribution >= 0.6 is 15.9 Å². The molecule has 4 aliphatic rings. The predicted octanol–water partition coefficient (Wildman–Crippen LogP) is 4.56. The summed E-state index contributed by atoms with van der Waals surface area (Å²) in [6, 6.07) is 17.5. The van der Waals surface area contributed by atoms with Crippen LogP contribution in [0, 0.1) is 11.8 Å². The Morgan fingerprint density at radius 2 is 1.85 bits per heavy atom. The predicted molar refractivity (Wildman–Crippen MR) is 157 cm³/mol. The zero-order valence-electron chi connectivity index (χ0n) is 22.8. The van der Waals surface area contributed by atoms with E-state index in [1.54, 1.807) is 0 Å². The summed E-state index contributed by atoms with van der Waals surface area (Å²) in [4.78, 5) is 31.8. The average molecular weight is 594 g/mol. The molecule has 208 valence electrons. The van der Waals surface area contributed by atoms with Crippen molar-refractivity contribution >= 4 is 27.7 Å². The topological polar surface area (TPSA) is 78.7 Å². The third kappa shape index (κ3) is 5.07. The zero-order valence-corrected chi connectivity index (χ0v) is 24.4. The lowest BCUT2D eigenvalue weighted by Crippen LogP contribution is -2.59. The molecule has 1 saturated carbocycles. The second kappa shape index (κ2) is 11.3. The number of nitrogens with zero attached hydrogens (tertiary/aromatic N) is 2. The highest BCUT2D eigenvalue weighted by molar-refractivity contribution is 9.10. The number of hydrogen-bond acceptors (Lipinski definition) is 4. The van der Waals surface area contributed by atoms with Gasteiger partial charge in [0.2, 0.25) is 11.8 Å². The first-order valence-corrected chi connectivity index (χ1v) is 15.6. The molecule has 0 radical (unpaired) electrons. The molecular weight excluding hydrogens is 552 g/mol. The Balaban J connectivity index is 1.33. The summed E-state index contributed by atoms with van der Waals surface area (Å²) >= 11 is 3.63. The van der Waals surface area contributed by atoms with Crippen molar-refractivity contribution in [1.82, 2.24) is 15.1 Å². The summed E-state index contributed by atoms with van der Waals surface area (Å²) in [5, 5.41) is 3.59. The smallest absolute Gasteiger partial charge is 0.236 e. The second-order valence-electron chi connectivity index (χ2n) is 12.2. The van der Waals surface area contributed by atoms with Crippen LogP contribution in [0.1, 0.15) is 67.6 Å². The van der Waals surface area contributed by atoms with E-state index >= 15 is 0 Å². The molecule has 3 heterocycles. The number of carbonyl (C=O) groups excluding carboxylic acids is 2. The van der Waals surface area contributed by atoms with Crippen LogP contribution in [0.25, 0.3) is 0 Å². The van der Waals surface area contributed by atoms with Crippen molar-refractivity contribution in [2.24, 2.45) is 17.6 Å². The van der Waals surface area contributed by atoms with Crippen LogP contribution in [0.15, 0.2) is 53.0 Å². The van der Waals surface area contributed by atoms with Gasteiger partial charge in [-0.3, -0.25) is 9.59 Å². The van der Waals surface area contributed by atoms with Gasteiger partial charge in [0.05, 0.1) is 12.5 Å². The maximum atomic E-state index is 14.7. The van der Waals surface area contributed by atoms with Crippen LogP contribution < -0.4 is 11.1 Å². The fourth-order valence-corrected chi connectivity index (χ4v) is 8.58. The summed E-state index contributed by atoms with van der Waals surface area (Å²) in [5.41, 5.74) is 9.12. The molecule has 2 aromatic rings. The van der Waals surface area contributed by atoms with Gasteiger partial charge in [-0.1, -0.05) is 71.6 Å². The fourth-order valence-electron chi connectivity index (χ4n) is 8.17. The van der Waals surface area contributed by atoms with E-state index in [2.05, 4.69) is 74.7 Å². The Labute approximate surface area is 240 Å². The van der Waals surface area contributed by atoms with Gasteiger partial charge in [-0.25, -0.2) is 0 Å². The number of likely N-dealkylation sites (tertiary alicyclic amines) is 1. The van der Waals surface area contributed by atoms with Crippen molar-refractivity contribution in [3.05, 3.63) is 69.7 Å². The van der Waals surface area contributed by atoms with E-state index < -0.39 is 5.41 Å². The van der Waals surface area contributed by atoms with E-state index in [1.807, 2.05) is 4.90 Å². The highest BCUT2D eigenvalue weighted by Gasteiger charge is 2.54. The number of carbonyl (C=O) groups is 2. The molecule has 3 aliphatic heterocycles. The van der Waals surface area contributed by atoms with Crippen LogP contribution in [-0.4, -0.2) is 60.4 Å². The van der Waals surface area contributed by atoms with Crippen LogP contribution in [0.5, 0.6) is 0 Å². The van der Waals surface area contributed by atoms with E-state index in [0.29, 0.717) is 38.0 Å². The van der Waals surface area contributed by atoms with Crippen molar-refractivity contribution in [3.63, 3.8) is 0 Å². The van der Waals surface area contributed by atoms with E-state index in [9.17, 15) is 9.59 Å². The fraction of sp³-hybridized carbons (Fsp3) is 0.562. The van der Waals surface area contributed by atoms with E-state index in [-0.39, 0.29) is 30.3 Å². The molecule has 2 saturated heterocycles. The first kappa shape index (κ1) is 27.0. The minimum Gasteiger partial charge on any atom is -0.339 e. The van der Waals surface area contributed by atoms with E-state index in [1.165, 1.54) is 43.2 Å². The Morgan fingerprint density at radius 1 is 1.05 bits per heavy atom. The van der Waals surface area contributed by atoms with Gasteiger partial charge >= 0.3 is 0 Å². The van der Waals surface area contributed by atoms with Crippen LogP contribution in [-0.2, 0) is 21.5 Å². The standard InChI is InChI=1S/C32H41BrN4O2/c33-26-11-12-27-25(15-26)19-36(30(38)17-34)21-32(27)20-35-18-28(32)31(39)37-14-13-24(22-7-3-1-4-8-22)16-29(37)23-9-5-2-6-10-23/h1,3-4,7-8,11-12,15,23-24,28-29,35H,2,5-6,9-10,13-14,16-21,34H2/t24-,28+,29+,32-/m1/s1. The van der Waals surface area contributed by atoms with Gasteiger partial charge < -0.3 is 20.9 Å². The van der Waals surface area contributed by atoms with Crippen molar-refractivity contribution in [3.8, 4) is 0 Å². The van der Waals surface area contributed by atoms with Crippen LogP contribution in [0.3, 0.4) is 0 Å². The van der Waals surface area contributed by atoms with Crippen molar-refractivity contribution in [2.45, 2.75) is 68.9 Å². The number of piperidine rings is 1. The molecule has 4 atom stereocenters. The molecule has 1 spiro atoms. The van der Waals surface area contributed by atoms with Crippen LogP contribution in [0.2, 0.25) is 0 Å². The SMILES string of the molecule is NCC(=O)N1Cc2cc(Br)ccc2[C@@]2(CNC[C@H]2C(=O)N2CC[C@@H](c3ccccc3)C[C@H]2C2CCCCC2)C1. The summed E-state index contributed by atoms with van der Waals surface area (Å²) in [7, 11) is 0. The highest BCUT2D eigenvalue weighted by atomic mass is 79.9. The van der Waals surface area contributed by atoms with Crippen LogP contribution in [0.4, 0.5) is 0 Å². The number of rotatable bonds is 4. The lowest BCUT2D eigenvalue weighted by Gasteiger charge is -2.49. The Bertz CT molecular complexity index is 1200. The van der Waals surface area contributed by atoms with Gasteiger partial charge in [-0.2, -0.15) is 0 Å². The monoisotopic (exact) mass is 592 g/mol. The quantitative estimate of drug-likeness (QED) is 0.545. The molecule has 2 amide bonds. The normalized spacial score (nSPS) is 29.4. The number of halogens is 1. The molecular formula is C32H41BrN4O2. The van der Waals surface area contributed by atoms with Gasteiger partial charge in [0.25, 0.3) is 0 Å². The van der Waals surface area contributed by atoms with Gasteiger partial charge in [-0.05, 0) is 66.3 Å². The molecule has 0 bridgehead atoms. The molecule has 0 aromatic heterocycles. The second-order valence-corrected chi connectivity index (χ2v) is 13.1. The first-order valence-electron chi connectivity index (χ1n) is 14.8. The van der Waals surface area contributed by atoms with Gasteiger partial charge in [0.15, 0.2) is 0 Å². The molecule has 3 N–H and O–H groups in total. The van der Waals surface area contributed by atoms with Gasteiger partial charge in [-0.15, -0.1) is 0 Å². The molecule has 2 aromatic carbocycles. The maximum Gasteiger partial charge on any atom is 0.236 e. The molecule has 7 heteroatoms. The number of nitrogens with two attached hydrogens (primary N) is 1. The summed E-state index contributed by atoms with van der Waals surface area (Å²) < 4.78 is 0.993. The first-order chi connectivity index (χ1) is 19.0. The zero-order chi connectivity index (χ0) is 27.0. The molecule has 39 heavy (non-hydrogen) atoms. The Hall–Kier alpha value is -2.22. The minimum absolute atomic E-state index is 0.0117. The van der Waals surface area contributed by atoms with E-state index in [4.69, 9.17) is 5.73 Å². The van der Waals surface area contributed by atoms with Crippen molar-refractivity contribution in [2.75, 3.05) is 32.7 Å². The maximum absolute atomic E-state index is 14.7.